The number of nitrogens with one attached hydrogen (secondary N) is 1. The molecule has 0 spiro atoms. The van der Waals surface area contributed by atoms with E-state index in [1.54, 1.807) is 25.4 Å². The lowest BCUT2D eigenvalue weighted by atomic mass is 10.4. The Morgan fingerprint density at radius 3 is 3.17 bits per heavy atom. The number of ether oxygens (including phenoxy) is 1. The summed E-state index contributed by atoms with van der Waals surface area (Å²) in [6.07, 6.45) is 1.63. The highest BCUT2D eigenvalue weighted by Crippen LogP contribution is 2.19. The van der Waals surface area contributed by atoms with Gasteiger partial charge < -0.3 is 10.1 Å². The fourth-order valence-electron chi connectivity index (χ4n) is 0.854. The van der Waals surface area contributed by atoms with Gasteiger partial charge in [-0.25, -0.2) is 9.37 Å². The summed E-state index contributed by atoms with van der Waals surface area (Å²) in [5.41, 5.74) is 0. The molecule has 0 saturated carbocycles. The molecule has 66 valence electrons. The Labute approximate surface area is 70.6 Å². The van der Waals surface area contributed by atoms with Crippen LogP contribution in [0.1, 0.15) is 0 Å². The van der Waals surface area contributed by atoms with Crippen LogP contribution in [0.5, 0.6) is 5.75 Å². The van der Waals surface area contributed by atoms with E-state index in [1.807, 2.05) is 0 Å². The van der Waals surface area contributed by atoms with Crippen molar-refractivity contribution in [2.24, 2.45) is 0 Å². The Balaban J connectivity index is 2.68. The number of anilines is 1. The second-order valence-corrected chi connectivity index (χ2v) is 2.17. The highest BCUT2D eigenvalue weighted by Gasteiger charge is 2.00. The third-order valence-electron chi connectivity index (χ3n) is 1.38. The molecule has 0 saturated heterocycles. The van der Waals surface area contributed by atoms with Gasteiger partial charge in [0.25, 0.3) is 0 Å². The number of pyridine rings is 1. The molecule has 0 aliphatic carbocycles. The second kappa shape index (κ2) is 4.54. The van der Waals surface area contributed by atoms with Gasteiger partial charge in [0, 0.05) is 12.7 Å². The van der Waals surface area contributed by atoms with Crippen molar-refractivity contribution in [3.05, 3.63) is 18.3 Å². The summed E-state index contributed by atoms with van der Waals surface area (Å²) in [7, 11) is 1.55. The van der Waals surface area contributed by atoms with Gasteiger partial charge in [-0.05, 0) is 12.1 Å². The predicted molar refractivity (Wildman–Crippen MR) is 45.3 cm³/mol. The van der Waals surface area contributed by atoms with Crippen molar-refractivity contribution in [3.8, 4) is 5.75 Å². The standard InChI is InChI=1S/C8H11FN2O/c1-12-7-3-2-5-10-8(7)11-6-4-9/h2-3,5H,4,6H2,1H3,(H,10,11). The molecule has 0 aliphatic rings. The van der Waals surface area contributed by atoms with Gasteiger partial charge in [-0.2, -0.15) is 0 Å². The molecule has 12 heavy (non-hydrogen) atoms. The van der Waals surface area contributed by atoms with Gasteiger partial charge in [0.05, 0.1) is 7.11 Å². The van der Waals surface area contributed by atoms with Crippen LogP contribution in [-0.2, 0) is 0 Å². The van der Waals surface area contributed by atoms with Crippen LogP contribution >= 0.6 is 0 Å². The summed E-state index contributed by atoms with van der Waals surface area (Å²) < 4.78 is 16.8. The summed E-state index contributed by atoms with van der Waals surface area (Å²) in [4.78, 5) is 3.98. The molecule has 1 N–H and O–H groups in total. The van der Waals surface area contributed by atoms with Crippen molar-refractivity contribution in [2.45, 2.75) is 0 Å². The molecular weight excluding hydrogens is 159 g/mol. The summed E-state index contributed by atoms with van der Waals surface area (Å²) in [6.45, 7) is -0.160. The van der Waals surface area contributed by atoms with Crippen molar-refractivity contribution >= 4 is 5.82 Å². The van der Waals surface area contributed by atoms with Crippen LogP contribution in [0.15, 0.2) is 18.3 Å². The second-order valence-electron chi connectivity index (χ2n) is 2.17. The van der Waals surface area contributed by atoms with Gasteiger partial charge in [0.15, 0.2) is 11.6 Å². The summed E-state index contributed by atoms with van der Waals surface area (Å²) in [5.74, 6) is 1.21. The molecule has 0 fully saturated rings. The Kier molecular flexibility index (Phi) is 3.32. The number of halogens is 1. The van der Waals surface area contributed by atoms with Crippen molar-refractivity contribution < 1.29 is 9.13 Å². The Hall–Kier alpha value is -1.32. The lowest BCUT2D eigenvalue weighted by molar-refractivity contribution is 0.414. The van der Waals surface area contributed by atoms with E-state index in [9.17, 15) is 4.39 Å². The maximum atomic E-state index is 11.8. The SMILES string of the molecule is COc1cccnc1NCCF. The maximum Gasteiger partial charge on any atom is 0.168 e. The average molecular weight is 170 g/mol. The van der Waals surface area contributed by atoms with Crippen molar-refractivity contribution in [3.63, 3.8) is 0 Å². The number of rotatable bonds is 4. The van der Waals surface area contributed by atoms with E-state index < -0.39 is 6.67 Å². The first kappa shape index (κ1) is 8.77. The molecular formula is C8H11FN2O. The van der Waals surface area contributed by atoms with Crippen LogP contribution in [0.25, 0.3) is 0 Å². The van der Waals surface area contributed by atoms with Crippen LogP contribution in [0.4, 0.5) is 10.2 Å². The molecule has 0 aliphatic heterocycles. The predicted octanol–water partition coefficient (Wildman–Crippen LogP) is 1.47. The van der Waals surface area contributed by atoms with Gasteiger partial charge in [-0.15, -0.1) is 0 Å². The molecule has 0 amide bonds. The number of nitrogens with zero attached hydrogens (tertiary/aromatic N) is 1. The number of aromatic nitrogens is 1. The fraction of sp³-hybridized carbons (Fsp3) is 0.375. The van der Waals surface area contributed by atoms with E-state index in [2.05, 4.69) is 10.3 Å². The number of methoxy groups -OCH3 is 1. The van der Waals surface area contributed by atoms with Crippen LogP contribution in [-0.4, -0.2) is 25.3 Å². The van der Waals surface area contributed by atoms with Gasteiger partial charge in [0.2, 0.25) is 0 Å². The summed E-state index contributed by atoms with van der Waals surface area (Å²) in [6, 6.07) is 3.53. The quantitative estimate of drug-likeness (QED) is 0.743. The van der Waals surface area contributed by atoms with Crippen LogP contribution in [0.3, 0.4) is 0 Å². The molecule has 1 heterocycles. The first-order valence-corrected chi connectivity index (χ1v) is 3.67. The van der Waals surface area contributed by atoms with Gasteiger partial charge in [-0.3, -0.25) is 0 Å². The Bertz CT molecular complexity index is 242. The lowest BCUT2D eigenvalue weighted by Crippen LogP contribution is -2.05. The first-order valence-electron chi connectivity index (χ1n) is 3.67. The van der Waals surface area contributed by atoms with E-state index in [0.717, 1.165) is 0 Å². The minimum absolute atomic E-state index is 0.257. The van der Waals surface area contributed by atoms with Crippen LogP contribution < -0.4 is 10.1 Å². The van der Waals surface area contributed by atoms with Crippen molar-refractivity contribution in [2.75, 3.05) is 25.6 Å². The number of hydrogen-bond acceptors (Lipinski definition) is 3. The van der Waals surface area contributed by atoms with Crippen LogP contribution in [0, 0.1) is 0 Å². The third-order valence-corrected chi connectivity index (χ3v) is 1.38. The maximum absolute atomic E-state index is 11.8. The topological polar surface area (TPSA) is 34.1 Å². The molecule has 1 aromatic rings. The Morgan fingerprint density at radius 2 is 2.50 bits per heavy atom. The number of alkyl halides is 1. The van der Waals surface area contributed by atoms with Gasteiger partial charge in [-0.1, -0.05) is 0 Å². The largest absolute Gasteiger partial charge is 0.493 e. The Morgan fingerprint density at radius 1 is 1.67 bits per heavy atom. The molecule has 0 atom stereocenters. The van der Waals surface area contributed by atoms with Crippen molar-refractivity contribution in [1.82, 2.24) is 4.98 Å². The molecule has 1 rings (SSSR count). The number of hydrogen-bond donors (Lipinski definition) is 1. The average Bonchev–Trinajstić information content (AvgIpc) is 2.15. The van der Waals surface area contributed by atoms with E-state index in [1.165, 1.54) is 0 Å². The first-order chi connectivity index (χ1) is 5.88. The summed E-state index contributed by atoms with van der Waals surface area (Å²) in [5, 5.41) is 2.80. The van der Waals surface area contributed by atoms with Gasteiger partial charge in [0.1, 0.15) is 6.67 Å². The molecule has 0 bridgehead atoms. The van der Waals surface area contributed by atoms with Crippen molar-refractivity contribution in [1.29, 1.82) is 0 Å². The minimum atomic E-state index is -0.417. The zero-order valence-electron chi connectivity index (χ0n) is 6.88. The monoisotopic (exact) mass is 170 g/mol. The van der Waals surface area contributed by atoms with E-state index in [4.69, 9.17) is 4.74 Å². The fourth-order valence-corrected chi connectivity index (χ4v) is 0.854. The van der Waals surface area contributed by atoms with E-state index >= 15 is 0 Å². The van der Waals surface area contributed by atoms with Crippen LogP contribution in [0.2, 0.25) is 0 Å². The molecule has 4 heteroatoms. The highest BCUT2D eigenvalue weighted by atomic mass is 19.1. The van der Waals surface area contributed by atoms with Gasteiger partial charge >= 0.3 is 0 Å². The zero-order valence-corrected chi connectivity index (χ0v) is 6.88. The molecule has 3 nitrogen and oxygen atoms in total. The third kappa shape index (κ3) is 2.08. The van der Waals surface area contributed by atoms with E-state index in [0.29, 0.717) is 11.6 Å². The lowest BCUT2D eigenvalue weighted by Gasteiger charge is -2.07. The normalized spacial score (nSPS) is 9.50. The summed E-state index contributed by atoms with van der Waals surface area (Å²) >= 11 is 0. The molecule has 1 aromatic heterocycles. The van der Waals surface area contributed by atoms with E-state index in [-0.39, 0.29) is 6.54 Å². The molecule has 0 radical (unpaired) electrons. The molecule has 0 aromatic carbocycles. The highest BCUT2D eigenvalue weighted by molar-refractivity contribution is 5.49. The molecule has 0 unspecified atom stereocenters. The smallest absolute Gasteiger partial charge is 0.168 e. The minimum Gasteiger partial charge on any atom is -0.493 e. The zero-order chi connectivity index (χ0) is 8.81.